The summed E-state index contributed by atoms with van der Waals surface area (Å²) < 4.78 is 13.9. The molecule has 2 unspecified atom stereocenters. The third-order valence-electron chi connectivity index (χ3n) is 2.86. The zero-order chi connectivity index (χ0) is 13.7. The molecule has 0 saturated heterocycles. The van der Waals surface area contributed by atoms with Crippen LogP contribution in [0.2, 0.25) is 5.02 Å². The van der Waals surface area contributed by atoms with Crippen LogP contribution in [0.5, 0.6) is 0 Å². The van der Waals surface area contributed by atoms with E-state index in [-0.39, 0.29) is 5.92 Å². The molecule has 0 amide bonds. The first-order chi connectivity index (χ1) is 8.53. The van der Waals surface area contributed by atoms with E-state index in [0.717, 1.165) is 24.4 Å². The van der Waals surface area contributed by atoms with Gasteiger partial charge in [-0.25, -0.2) is 0 Å². The van der Waals surface area contributed by atoms with E-state index in [0.29, 0.717) is 23.1 Å². The van der Waals surface area contributed by atoms with Crippen LogP contribution in [0.25, 0.3) is 0 Å². The highest BCUT2D eigenvalue weighted by Crippen LogP contribution is 2.23. The fourth-order valence-corrected chi connectivity index (χ4v) is 3.65. The number of nitrogens with zero attached hydrogens (tertiary/aromatic N) is 2. The number of hydrogen-bond donors (Lipinski definition) is 1. The summed E-state index contributed by atoms with van der Waals surface area (Å²) in [6, 6.07) is 0. The molecule has 2 atom stereocenters. The first-order valence-electron chi connectivity index (χ1n) is 6.32. The molecule has 1 rings (SSSR count). The maximum atomic E-state index is 12.1. The monoisotopic (exact) mass is 291 g/mol. The molecule has 1 heterocycles. The molecule has 0 aliphatic carbocycles. The lowest BCUT2D eigenvalue weighted by atomic mass is 10.2. The van der Waals surface area contributed by atoms with E-state index in [1.807, 2.05) is 25.5 Å². The highest BCUT2D eigenvalue weighted by Gasteiger charge is 2.17. The van der Waals surface area contributed by atoms with Crippen molar-refractivity contribution in [2.75, 3.05) is 12.3 Å². The number of aryl methyl sites for hydroxylation is 2. The number of hydrogen-bond acceptors (Lipinski definition) is 3. The first-order valence-corrected chi connectivity index (χ1v) is 8.19. The van der Waals surface area contributed by atoms with Gasteiger partial charge in [0, 0.05) is 23.1 Å². The number of aromatic nitrogens is 2. The van der Waals surface area contributed by atoms with E-state index >= 15 is 0 Å². The van der Waals surface area contributed by atoms with Crippen molar-refractivity contribution in [3.05, 3.63) is 16.4 Å². The van der Waals surface area contributed by atoms with Crippen LogP contribution in [0.15, 0.2) is 0 Å². The minimum absolute atomic E-state index is 0.272. The molecule has 0 bridgehead atoms. The molecule has 18 heavy (non-hydrogen) atoms. The Morgan fingerprint density at radius 2 is 2.17 bits per heavy atom. The number of halogens is 1. The summed E-state index contributed by atoms with van der Waals surface area (Å²) in [5, 5.41) is 5.10. The van der Waals surface area contributed by atoms with Gasteiger partial charge in [-0.05, 0) is 25.8 Å². The molecule has 1 aromatic heterocycles. The molecule has 4 nitrogen and oxygen atoms in total. The van der Waals surface area contributed by atoms with Gasteiger partial charge in [0.05, 0.1) is 22.2 Å². The van der Waals surface area contributed by atoms with E-state index in [9.17, 15) is 4.21 Å². The Morgan fingerprint density at radius 1 is 1.50 bits per heavy atom. The molecule has 0 aromatic carbocycles. The summed E-state index contributed by atoms with van der Waals surface area (Å²) in [5.74, 6) is 1.35. The molecular formula is C12H22ClN3OS. The summed E-state index contributed by atoms with van der Waals surface area (Å²) in [7, 11) is -0.937. The average Bonchev–Trinajstić information content (AvgIpc) is 2.66. The minimum Gasteiger partial charge on any atom is -0.330 e. The third-order valence-corrected chi connectivity index (χ3v) is 4.84. The fraction of sp³-hybridized carbons (Fsp3) is 0.750. The highest BCUT2D eigenvalue weighted by molar-refractivity contribution is 7.84. The van der Waals surface area contributed by atoms with Crippen LogP contribution >= 0.6 is 11.6 Å². The maximum Gasteiger partial charge on any atom is 0.0859 e. The Morgan fingerprint density at radius 3 is 2.67 bits per heavy atom. The van der Waals surface area contributed by atoms with Gasteiger partial charge in [-0.3, -0.25) is 8.89 Å². The lowest BCUT2D eigenvalue weighted by Crippen LogP contribution is -2.19. The van der Waals surface area contributed by atoms with Crippen LogP contribution in [-0.2, 0) is 29.5 Å². The Bertz CT molecular complexity index is 420. The summed E-state index contributed by atoms with van der Waals surface area (Å²) in [6.45, 7) is 7.35. The van der Waals surface area contributed by atoms with Gasteiger partial charge in [0.2, 0.25) is 0 Å². The predicted octanol–water partition coefficient (Wildman–Crippen LogP) is 1.96. The van der Waals surface area contributed by atoms with Crippen LogP contribution in [0.4, 0.5) is 0 Å². The van der Waals surface area contributed by atoms with Crippen molar-refractivity contribution < 1.29 is 4.21 Å². The van der Waals surface area contributed by atoms with Crippen molar-refractivity contribution in [2.45, 2.75) is 39.5 Å². The largest absolute Gasteiger partial charge is 0.330 e. The van der Waals surface area contributed by atoms with Crippen molar-refractivity contribution in [2.24, 2.45) is 11.7 Å². The Labute approximate surface area is 116 Å². The molecule has 2 N–H and O–H groups in total. The SMILES string of the molecule is CCc1nn(CC)c(CS(=O)CC(C)CN)c1Cl. The number of nitrogens with two attached hydrogens (primary N) is 1. The van der Waals surface area contributed by atoms with E-state index in [4.69, 9.17) is 17.3 Å². The van der Waals surface area contributed by atoms with E-state index in [1.165, 1.54) is 0 Å². The van der Waals surface area contributed by atoms with Crippen molar-refractivity contribution in [3.63, 3.8) is 0 Å². The van der Waals surface area contributed by atoms with Gasteiger partial charge in [-0.15, -0.1) is 0 Å². The molecule has 0 aliphatic rings. The molecule has 0 fully saturated rings. The quantitative estimate of drug-likeness (QED) is 0.835. The van der Waals surface area contributed by atoms with Gasteiger partial charge >= 0.3 is 0 Å². The third kappa shape index (κ3) is 3.80. The lowest BCUT2D eigenvalue weighted by molar-refractivity contribution is 0.617. The molecule has 1 aromatic rings. The summed E-state index contributed by atoms with van der Waals surface area (Å²) in [5.41, 5.74) is 7.32. The van der Waals surface area contributed by atoms with Gasteiger partial charge in [0.1, 0.15) is 0 Å². The predicted molar refractivity (Wildman–Crippen MR) is 77.2 cm³/mol. The van der Waals surface area contributed by atoms with Crippen LogP contribution < -0.4 is 5.73 Å². The first kappa shape index (κ1) is 15.7. The number of rotatable bonds is 7. The van der Waals surface area contributed by atoms with Crippen LogP contribution in [-0.4, -0.2) is 26.3 Å². The molecule has 0 radical (unpaired) electrons. The molecule has 0 aliphatic heterocycles. The van der Waals surface area contributed by atoms with Crippen molar-refractivity contribution in [3.8, 4) is 0 Å². The smallest absolute Gasteiger partial charge is 0.0859 e. The van der Waals surface area contributed by atoms with E-state index in [2.05, 4.69) is 5.10 Å². The van der Waals surface area contributed by atoms with Gasteiger partial charge in [0.25, 0.3) is 0 Å². The standard InChI is InChI=1S/C12H22ClN3OS/c1-4-10-12(13)11(16(5-2)15-10)8-18(17)7-9(3)6-14/h9H,4-8,14H2,1-3H3. The van der Waals surface area contributed by atoms with Crippen LogP contribution in [0.3, 0.4) is 0 Å². The molecule has 0 spiro atoms. The second-order valence-corrected chi connectivity index (χ2v) is 6.35. The molecule has 0 saturated carbocycles. The Balaban J connectivity index is 2.83. The summed E-state index contributed by atoms with van der Waals surface area (Å²) in [4.78, 5) is 0. The summed E-state index contributed by atoms with van der Waals surface area (Å²) >= 11 is 6.28. The second kappa shape index (κ2) is 7.26. The normalized spacial score (nSPS) is 14.7. The minimum atomic E-state index is -0.937. The topological polar surface area (TPSA) is 60.9 Å². The molecule has 6 heteroatoms. The maximum absolute atomic E-state index is 12.1. The van der Waals surface area contributed by atoms with E-state index < -0.39 is 10.8 Å². The van der Waals surface area contributed by atoms with Crippen LogP contribution in [0, 0.1) is 5.92 Å². The second-order valence-electron chi connectivity index (χ2n) is 4.47. The van der Waals surface area contributed by atoms with Gasteiger partial charge < -0.3 is 5.73 Å². The Hall–Kier alpha value is -0.390. The van der Waals surface area contributed by atoms with Crippen molar-refractivity contribution >= 4 is 22.4 Å². The highest BCUT2D eigenvalue weighted by atomic mass is 35.5. The summed E-state index contributed by atoms with van der Waals surface area (Å²) in [6.07, 6.45) is 0.796. The van der Waals surface area contributed by atoms with Crippen LogP contribution in [0.1, 0.15) is 32.2 Å². The van der Waals surface area contributed by atoms with Gasteiger partial charge in [-0.1, -0.05) is 25.4 Å². The average molecular weight is 292 g/mol. The van der Waals surface area contributed by atoms with Crippen molar-refractivity contribution in [1.82, 2.24) is 9.78 Å². The Kier molecular flexibility index (Phi) is 6.32. The zero-order valence-corrected chi connectivity index (χ0v) is 12.9. The zero-order valence-electron chi connectivity index (χ0n) is 11.3. The molecule has 104 valence electrons. The van der Waals surface area contributed by atoms with E-state index in [1.54, 1.807) is 0 Å². The lowest BCUT2D eigenvalue weighted by Gasteiger charge is -2.09. The van der Waals surface area contributed by atoms with Gasteiger partial charge in [-0.2, -0.15) is 5.10 Å². The fourth-order valence-electron chi connectivity index (χ4n) is 1.75. The van der Waals surface area contributed by atoms with Gasteiger partial charge in [0.15, 0.2) is 0 Å². The van der Waals surface area contributed by atoms with Crippen molar-refractivity contribution in [1.29, 1.82) is 0 Å². The molecular weight excluding hydrogens is 270 g/mol.